The van der Waals surface area contributed by atoms with E-state index in [9.17, 15) is 47.9 Å². The van der Waals surface area contributed by atoms with Crippen LogP contribution in [0.25, 0.3) is 0 Å². The molecular formula is C54H93N21O10. The number of aliphatic imine (C=N–C) groups is 3. The van der Waals surface area contributed by atoms with Crippen molar-refractivity contribution in [2.24, 2.45) is 72.5 Å². The number of benzene rings is 1. The molecule has 31 nitrogen and oxygen atoms in total. The fourth-order valence-electron chi connectivity index (χ4n) is 9.73. The average Bonchev–Trinajstić information content (AvgIpc) is 3.23. The summed E-state index contributed by atoms with van der Waals surface area (Å²) in [4.78, 5) is 152. The molecule has 2 saturated heterocycles. The van der Waals surface area contributed by atoms with Crippen molar-refractivity contribution >= 4 is 77.0 Å². The molecule has 0 aromatic heterocycles. The van der Waals surface area contributed by atoms with E-state index in [-0.39, 0.29) is 95.5 Å². The number of likely N-dealkylation sites (tertiary alicyclic amines) is 2. The van der Waals surface area contributed by atoms with E-state index in [1.807, 2.05) is 0 Å². The van der Waals surface area contributed by atoms with Gasteiger partial charge in [-0.15, -0.1) is 0 Å². The molecule has 85 heavy (non-hydrogen) atoms. The van der Waals surface area contributed by atoms with Crippen molar-refractivity contribution in [2.75, 3.05) is 45.8 Å². The van der Waals surface area contributed by atoms with Gasteiger partial charge in [0.05, 0.1) is 12.6 Å². The molecule has 2 heterocycles. The maximum absolute atomic E-state index is 14.7. The molecule has 10 atom stereocenters. The van der Waals surface area contributed by atoms with E-state index in [1.54, 1.807) is 44.2 Å². The van der Waals surface area contributed by atoms with Gasteiger partial charge < -0.3 is 98.6 Å². The first kappa shape index (κ1) is 70.9. The molecular weight excluding hydrogens is 1100 g/mol. The zero-order chi connectivity index (χ0) is 63.2. The lowest BCUT2D eigenvalue weighted by atomic mass is 9.96. The summed E-state index contributed by atoms with van der Waals surface area (Å²) < 4.78 is 0. The molecule has 0 saturated carbocycles. The standard InChI is InChI=1S/C54H93N21O10/c1-4-31(2)42(73-46(80)38(29-33-15-6-5-7-16-33)72-44(78)32(3)68-47(81)39-21-13-27-74(39)50(84)34(56)17-10-24-64-52(58)59)49(83)71-37(20-12-26-66-54(62)63)51(85)75-28-14-22-40(75)48(82)70-36(18-8-9-23-55)45(79)67-30-41(76)69-35(43(57)77)19-11-25-65-53(60)61/h5-7,15-16,31-32,34-40,42H,4,8-14,17-30,55-56H2,1-3H3,(H2,57,77)(H,67,79)(H,68,81)(H,69,76)(H,70,82)(H,71,83)(H,72,78)(H,73,80)(H4,58,59,64)(H4,60,61,65)(H4,62,63,66)/t31-,32-,34-,35-,36-,37-,38-,39-,40-,42-/m0/s1. The third-order valence-electron chi connectivity index (χ3n) is 14.6. The largest absolute Gasteiger partial charge is 0.370 e. The molecule has 0 radical (unpaired) electrons. The number of carbonyl (C=O) groups excluding carboxylic acids is 10. The van der Waals surface area contributed by atoms with Crippen LogP contribution in [0.4, 0.5) is 0 Å². The predicted molar refractivity (Wildman–Crippen MR) is 319 cm³/mol. The first-order chi connectivity index (χ1) is 40.4. The van der Waals surface area contributed by atoms with Gasteiger partial charge in [0, 0.05) is 39.1 Å². The van der Waals surface area contributed by atoms with E-state index in [0.717, 1.165) is 0 Å². The van der Waals surface area contributed by atoms with Crippen molar-refractivity contribution in [3.8, 4) is 0 Å². The lowest BCUT2D eigenvalue weighted by Crippen LogP contribution is -2.61. The maximum atomic E-state index is 14.7. The maximum Gasteiger partial charge on any atom is 0.245 e. The number of guanidine groups is 3. The Bertz CT molecular complexity index is 2490. The van der Waals surface area contributed by atoms with Crippen LogP contribution in [0, 0.1) is 5.92 Å². The van der Waals surface area contributed by atoms with Crippen LogP contribution in [0.3, 0.4) is 0 Å². The minimum Gasteiger partial charge on any atom is -0.370 e. The van der Waals surface area contributed by atoms with Crippen LogP contribution in [0.1, 0.15) is 116 Å². The highest BCUT2D eigenvalue weighted by atomic mass is 16.2. The van der Waals surface area contributed by atoms with E-state index in [1.165, 1.54) is 16.7 Å². The lowest BCUT2D eigenvalue weighted by molar-refractivity contribution is -0.143. The zero-order valence-corrected chi connectivity index (χ0v) is 49.2. The Morgan fingerprint density at radius 2 is 1.08 bits per heavy atom. The predicted octanol–water partition coefficient (Wildman–Crippen LogP) is -5.60. The number of primary amides is 1. The molecule has 10 amide bonds. The quantitative estimate of drug-likeness (QED) is 0.0168. The Hall–Kier alpha value is -8.35. The van der Waals surface area contributed by atoms with Gasteiger partial charge in [-0.05, 0) is 108 Å². The SMILES string of the molecule is CC[C@H](C)[C@H](NC(=O)[C@H](Cc1ccccc1)NC(=O)[C@H](C)NC(=O)[C@@H]1CCCN1C(=O)[C@@H](N)CCCN=C(N)N)C(=O)N[C@@H](CCCN=C(N)N)C(=O)N1CCC[C@H]1C(=O)N[C@@H](CCCCN)C(=O)NCC(=O)N[C@@H](CCCN=C(N)N)C(N)=O. The van der Waals surface area contributed by atoms with Crippen LogP contribution in [-0.2, 0) is 54.4 Å². The Morgan fingerprint density at radius 3 is 1.62 bits per heavy atom. The molecule has 2 fully saturated rings. The van der Waals surface area contributed by atoms with Crippen LogP contribution in [0.5, 0.6) is 0 Å². The van der Waals surface area contributed by atoms with Crippen molar-refractivity contribution in [3.63, 3.8) is 0 Å². The van der Waals surface area contributed by atoms with Crippen LogP contribution in [0.2, 0.25) is 0 Å². The van der Waals surface area contributed by atoms with Crippen LogP contribution >= 0.6 is 0 Å². The Morgan fingerprint density at radius 1 is 0.565 bits per heavy atom. The third kappa shape index (κ3) is 24.8. The summed E-state index contributed by atoms with van der Waals surface area (Å²) in [5.41, 5.74) is 50.7. The van der Waals surface area contributed by atoms with Crippen molar-refractivity contribution < 1.29 is 47.9 Å². The molecule has 2 aliphatic heterocycles. The summed E-state index contributed by atoms with van der Waals surface area (Å²) in [6.45, 7) is 5.62. The highest BCUT2D eigenvalue weighted by molar-refractivity contribution is 5.98. The van der Waals surface area contributed by atoms with Crippen molar-refractivity contribution in [2.45, 2.75) is 171 Å². The lowest BCUT2D eigenvalue weighted by Gasteiger charge is -2.32. The number of rotatable bonds is 37. The number of hydrogen-bond acceptors (Lipinski definition) is 15. The van der Waals surface area contributed by atoms with Gasteiger partial charge in [0.1, 0.15) is 48.3 Å². The number of nitrogens with one attached hydrogen (secondary N) is 7. The first-order valence-electron chi connectivity index (χ1n) is 29.0. The average molecular weight is 1200 g/mol. The number of amides is 10. The Balaban J connectivity index is 1.81. The second-order valence-electron chi connectivity index (χ2n) is 21.3. The van der Waals surface area contributed by atoms with Gasteiger partial charge in [-0.1, -0.05) is 50.6 Å². The second kappa shape index (κ2) is 37.1. The van der Waals surface area contributed by atoms with Gasteiger partial charge in [0.25, 0.3) is 0 Å². The highest BCUT2D eigenvalue weighted by Crippen LogP contribution is 2.22. The minimum atomic E-state index is -1.29. The van der Waals surface area contributed by atoms with Gasteiger partial charge in [-0.25, -0.2) is 0 Å². The highest BCUT2D eigenvalue weighted by Gasteiger charge is 2.41. The molecule has 1 aromatic carbocycles. The smallest absolute Gasteiger partial charge is 0.245 e. The van der Waals surface area contributed by atoms with Crippen LogP contribution in [0.15, 0.2) is 45.3 Å². The molecule has 0 aliphatic carbocycles. The number of hydrogen-bond donors (Lipinski definition) is 16. The summed E-state index contributed by atoms with van der Waals surface area (Å²) in [6.07, 6.45) is 4.14. The summed E-state index contributed by atoms with van der Waals surface area (Å²) in [5, 5.41) is 18.8. The van der Waals surface area contributed by atoms with E-state index >= 15 is 0 Å². The fourth-order valence-corrected chi connectivity index (χ4v) is 9.73. The summed E-state index contributed by atoms with van der Waals surface area (Å²) in [5.74, 6) is -7.76. The van der Waals surface area contributed by atoms with Crippen LogP contribution < -0.4 is 88.8 Å². The molecule has 474 valence electrons. The summed E-state index contributed by atoms with van der Waals surface area (Å²) >= 11 is 0. The Kier molecular flexibility index (Phi) is 30.9. The van der Waals surface area contributed by atoms with Crippen LogP contribution in [-0.4, -0.2) is 187 Å². The van der Waals surface area contributed by atoms with E-state index < -0.39 is 126 Å². The minimum absolute atomic E-state index is 0.0109. The topological polar surface area (TPSA) is 533 Å². The van der Waals surface area contributed by atoms with Gasteiger partial charge in [-0.3, -0.25) is 62.9 Å². The molecule has 0 spiro atoms. The summed E-state index contributed by atoms with van der Waals surface area (Å²) in [6, 6.07) is -1.40. The third-order valence-corrected chi connectivity index (χ3v) is 14.6. The molecule has 2 aliphatic rings. The molecule has 25 N–H and O–H groups in total. The zero-order valence-electron chi connectivity index (χ0n) is 49.2. The van der Waals surface area contributed by atoms with E-state index in [4.69, 9.17) is 51.6 Å². The second-order valence-corrected chi connectivity index (χ2v) is 21.3. The Labute approximate surface area is 496 Å². The first-order valence-corrected chi connectivity index (χ1v) is 29.0. The molecule has 0 unspecified atom stereocenters. The number of nitrogens with zero attached hydrogens (tertiary/aromatic N) is 5. The fraction of sp³-hybridized carbons (Fsp3) is 0.648. The van der Waals surface area contributed by atoms with Gasteiger partial charge in [0.15, 0.2) is 17.9 Å². The number of nitrogens with two attached hydrogens (primary N) is 9. The summed E-state index contributed by atoms with van der Waals surface area (Å²) in [7, 11) is 0. The van der Waals surface area contributed by atoms with Crippen molar-refractivity contribution in [3.05, 3.63) is 35.9 Å². The van der Waals surface area contributed by atoms with Crippen molar-refractivity contribution in [1.29, 1.82) is 0 Å². The van der Waals surface area contributed by atoms with E-state index in [0.29, 0.717) is 63.5 Å². The van der Waals surface area contributed by atoms with E-state index in [2.05, 4.69) is 52.2 Å². The normalized spacial score (nSPS) is 17.4. The molecule has 31 heteroatoms. The van der Waals surface area contributed by atoms with Gasteiger partial charge in [0.2, 0.25) is 59.1 Å². The van der Waals surface area contributed by atoms with Gasteiger partial charge >= 0.3 is 0 Å². The molecule has 0 bridgehead atoms. The molecule has 1 aromatic rings. The monoisotopic (exact) mass is 1200 g/mol. The van der Waals surface area contributed by atoms with Gasteiger partial charge in [-0.2, -0.15) is 0 Å². The molecule has 3 rings (SSSR count). The number of carbonyl (C=O) groups is 10. The van der Waals surface area contributed by atoms with Crippen molar-refractivity contribution in [1.82, 2.24) is 47.0 Å². The number of unbranched alkanes of at least 4 members (excludes halogenated alkanes) is 1.